The Morgan fingerprint density at radius 3 is 1.97 bits per heavy atom. The van der Waals surface area contributed by atoms with Crippen molar-refractivity contribution in [1.29, 1.82) is 0 Å². The molecule has 3 N–H and O–H groups in total. The number of carbonyl (C=O) groups excluding carboxylic acids is 3. The third-order valence-corrected chi connectivity index (χ3v) is 6.16. The van der Waals surface area contributed by atoms with E-state index in [1.807, 2.05) is 0 Å². The topological polar surface area (TPSA) is 111 Å². The number of aliphatic hydroxyl groups excluding tert-OH is 1. The van der Waals surface area contributed by atoms with Crippen molar-refractivity contribution in [2.24, 2.45) is 0 Å². The number of hydrogen-bond acceptors (Lipinski definition) is 7. The molecule has 0 spiro atoms. The van der Waals surface area contributed by atoms with E-state index in [0.29, 0.717) is 54.7 Å². The fourth-order valence-electron chi connectivity index (χ4n) is 4.26. The number of piperazine rings is 1. The molecule has 0 atom stereocenters. The predicted molar refractivity (Wildman–Crippen MR) is 121 cm³/mol. The first-order valence-electron chi connectivity index (χ1n) is 10.7. The summed E-state index contributed by atoms with van der Waals surface area (Å²) in [5.41, 5.74) is -1.23. The lowest BCUT2D eigenvalue weighted by Gasteiger charge is -2.46. The molecule has 2 aromatic carbocycles. The maximum absolute atomic E-state index is 13.2. The molecule has 4 rings (SSSR count). The van der Waals surface area contributed by atoms with Crippen molar-refractivity contribution < 1.29 is 24.2 Å². The average Bonchev–Trinajstić information content (AvgIpc) is 2.81. The smallest absolute Gasteiger partial charge is 0.328 e. The van der Waals surface area contributed by atoms with Crippen LogP contribution in [0.1, 0.15) is 12.0 Å². The highest BCUT2D eigenvalue weighted by Gasteiger charge is 2.56. The Hall–Kier alpha value is -2.98. The predicted octanol–water partition coefficient (Wildman–Crippen LogP) is 1.69. The second kappa shape index (κ2) is 9.88. The summed E-state index contributed by atoms with van der Waals surface area (Å²) in [7, 11) is 0. The molecule has 4 amide bonds. The minimum atomic E-state index is -1.67. The summed E-state index contributed by atoms with van der Waals surface area (Å²) in [6.07, 6.45) is 0.662. The molecule has 10 heteroatoms. The zero-order chi connectivity index (χ0) is 23.4. The molecule has 2 fully saturated rings. The van der Waals surface area contributed by atoms with E-state index >= 15 is 0 Å². The summed E-state index contributed by atoms with van der Waals surface area (Å²) in [4.78, 5) is 42.1. The SMILES string of the molecule is O=C1NC(=O)C(c2ccc(Oc3ccc(Cl)cc3)cc2)(N2CCN(CCCO)CC2)C(=O)N1. The molecule has 174 valence electrons. The van der Waals surface area contributed by atoms with Gasteiger partial charge in [0.2, 0.25) is 5.54 Å². The number of amides is 4. The molecular formula is C23H25ClN4O5. The highest BCUT2D eigenvalue weighted by Crippen LogP contribution is 2.34. The minimum Gasteiger partial charge on any atom is -0.457 e. The third kappa shape index (κ3) is 4.72. The molecule has 9 nitrogen and oxygen atoms in total. The van der Waals surface area contributed by atoms with Gasteiger partial charge >= 0.3 is 6.03 Å². The Morgan fingerprint density at radius 1 is 0.879 bits per heavy atom. The van der Waals surface area contributed by atoms with Crippen LogP contribution < -0.4 is 15.4 Å². The van der Waals surface area contributed by atoms with Crippen molar-refractivity contribution in [3.8, 4) is 11.5 Å². The molecule has 2 heterocycles. The molecule has 0 aromatic heterocycles. The number of halogens is 1. The number of aliphatic hydroxyl groups is 1. The average molecular weight is 473 g/mol. The number of hydrogen-bond donors (Lipinski definition) is 3. The summed E-state index contributed by atoms with van der Waals surface area (Å²) in [5.74, 6) is -0.227. The van der Waals surface area contributed by atoms with Gasteiger partial charge in [0.15, 0.2) is 0 Å². The van der Waals surface area contributed by atoms with E-state index in [1.54, 1.807) is 53.4 Å². The fraction of sp³-hybridized carbons (Fsp3) is 0.348. The number of carbonyl (C=O) groups is 3. The van der Waals surface area contributed by atoms with Gasteiger partial charge in [0.05, 0.1) is 0 Å². The minimum absolute atomic E-state index is 0.113. The van der Waals surface area contributed by atoms with Crippen LogP contribution in [0.3, 0.4) is 0 Å². The molecule has 2 saturated heterocycles. The van der Waals surface area contributed by atoms with Crippen molar-refractivity contribution in [2.75, 3.05) is 39.3 Å². The molecule has 0 saturated carbocycles. The summed E-state index contributed by atoms with van der Waals surface area (Å²) >= 11 is 5.91. The lowest BCUT2D eigenvalue weighted by Crippen LogP contribution is -2.72. The zero-order valence-corrected chi connectivity index (χ0v) is 18.7. The van der Waals surface area contributed by atoms with E-state index in [2.05, 4.69) is 15.5 Å². The number of nitrogens with one attached hydrogen (secondary N) is 2. The summed E-state index contributed by atoms with van der Waals surface area (Å²) < 4.78 is 5.82. The molecule has 0 aliphatic carbocycles. The maximum atomic E-state index is 13.2. The molecule has 0 unspecified atom stereocenters. The Balaban J connectivity index is 1.60. The van der Waals surface area contributed by atoms with Crippen molar-refractivity contribution in [3.05, 3.63) is 59.1 Å². The van der Waals surface area contributed by atoms with E-state index in [4.69, 9.17) is 21.4 Å². The Bertz CT molecular complexity index is 1000. The third-order valence-electron chi connectivity index (χ3n) is 5.91. The van der Waals surface area contributed by atoms with Crippen molar-refractivity contribution >= 4 is 29.4 Å². The Morgan fingerprint density at radius 2 is 1.42 bits per heavy atom. The molecule has 0 radical (unpaired) electrons. The van der Waals surface area contributed by atoms with Gasteiger partial charge in [0.25, 0.3) is 11.8 Å². The van der Waals surface area contributed by atoms with Crippen LogP contribution in [-0.2, 0) is 15.1 Å². The van der Waals surface area contributed by atoms with Crippen molar-refractivity contribution in [2.45, 2.75) is 12.0 Å². The van der Waals surface area contributed by atoms with Gasteiger partial charge in [-0.2, -0.15) is 0 Å². The van der Waals surface area contributed by atoms with Gasteiger partial charge in [-0.15, -0.1) is 0 Å². The maximum Gasteiger partial charge on any atom is 0.328 e. The van der Waals surface area contributed by atoms with Gasteiger partial charge in [-0.25, -0.2) is 4.79 Å². The quantitative estimate of drug-likeness (QED) is 0.526. The fourth-order valence-corrected chi connectivity index (χ4v) is 4.38. The van der Waals surface area contributed by atoms with Gasteiger partial charge in [0.1, 0.15) is 11.5 Å². The standard InChI is InChI=1S/C23H25ClN4O5/c24-17-4-8-19(9-5-17)33-18-6-2-16(3-7-18)23(20(30)25-22(32)26-21(23)31)28-13-11-27(12-14-28)10-1-15-29/h2-9,29H,1,10-15H2,(H2,25,26,30,31,32). The number of nitrogens with zero attached hydrogens (tertiary/aromatic N) is 2. The van der Waals surface area contributed by atoms with Crippen LogP contribution in [0.2, 0.25) is 5.02 Å². The lowest BCUT2D eigenvalue weighted by molar-refractivity contribution is -0.150. The highest BCUT2D eigenvalue weighted by molar-refractivity contribution is 6.30. The van der Waals surface area contributed by atoms with Crippen LogP contribution >= 0.6 is 11.6 Å². The van der Waals surface area contributed by atoms with Crippen LogP contribution in [0.5, 0.6) is 11.5 Å². The first-order chi connectivity index (χ1) is 15.9. The van der Waals surface area contributed by atoms with E-state index in [1.165, 1.54) is 0 Å². The summed E-state index contributed by atoms with van der Waals surface area (Å²) in [6.45, 7) is 3.02. The molecule has 0 bridgehead atoms. The Kier molecular flexibility index (Phi) is 6.94. The normalized spacial score (nSPS) is 19.2. The van der Waals surface area contributed by atoms with Crippen molar-refractivity contribution in [1.82, 2.24) is 20.4 Å². The second-order valence-corrected chi connectivity index (χ2v) is 8.37. The van der Waals surface area contributed by atoms with Crippen LogP contribution in [0.15, 0.2) is 48.5 Å². The van der Waals surface area contributed by atoms with Gasteiger partial charge in [-0.3, -0.25) is 25.1 Å². The highest BCUT2D eigenvalue weighted by atomic mass is 35.5. The molecule has 2 aromatic rings. The van der Waals surface area contributed by atoms with Crippen molar-refractivity contribution in [3.63, 3.8) is 0 Å². The summed E-state index contributed by atoms with van der Waals surface area (Å²) in [5, 5.41) is 14.2. The van der Waals surface area contributed by atoms with Gasteiger partial charge in [0, 0.05) is 44.4 Å². The van der Waals surface area contributed by atoms with Crippen LogP contribution in [-0.4, -0.2) is 72.1 Å². The van der Waals surface area contributed by atoms with Crippen LogP contribution in [0.4, 0.5) is 4.79 Å². The molecule has 33 heavy (non-hydrogen) atoms. The number of ether oxygens (including phenoxy) is 1. The van der Waals surface area contributed by atoms with Gasteiger partial charge < -0.3 is 14.7 Å². The largest absolute Gasteiger partial charge is 0.457 e. The van der Waals surface area contributed by atoms with E-state index < -0.39 is 23.4 Å². The van der Waals surface area contributed by atoms with E-state index in [0.717, 1.165) is 6.54 Å². The van der Waals surface area contributed by atoms with Gasteiger partial charge in [-0.1, -0.05) is 23.7 Å². The zero-order valence-electron chi connectivity index (χ0n) is 17.9. The number of urea groups is 1. The Labute approximate surface area is 196 Å². The molecular weight excluding hydrogens is 448 g/mol. The number of rotatable bonds is 7. The summed E-state index contributed by atoms with van der Waals surface area (Å²) in [6, 6.07) is 12.8. The lowest BCUT2D eigenvalue weighted by atomic mass is 9.84. The number of imide groups is 2. The first-order valence-corrected chi connectivity index (χ1v) is 11.1. The van der Waals surface area contributed by atoms with Crippen LogP contribution in [0.25, 0.3) is 0 Å². The van der Waals surface area contributed by atoms with Crippen LogP contribution in [0, 0.1) is 0 Å². The number of barbiturate groups is 1. The van der Waals surface area contributed by atoms with E-state index in [9.17, 15) is 14.4 Å². The number of benzene rings is 2. The second-order valence-electron chi connectivity index (χ2n) is 7.93. The molecule has 2 aliphatic heterocycles. The monoisotopic (exact) mass is 472 g/mol. The molecule has 2 aliphatic rings. The van der Waals surface area contributed by atoms with Gasteiger partial charge in [-0.05, 0) is 48.4 Å². The first kappa shape index (κ1) is 23.2. The van der Waals surface area contributed by atoms with E-state index in [-0.39, 0.29) is 6.61 Å².